The molecular formula is C15H20FN3O. The molecule has 2 aromatic rings. The Morgan fingerprint density at radius 3 is 2.80 bits per heavy atom. The number of hydrogen-bond acceptors (Lipinski definition) is 3. The zero-order chi connectivity index (χ0) is 14.7. The van der Waals surface area contributed by atoms with Gasteiger partial charge in [-0.3, -0.25) is 4.68 Å². The summed E-state index contributed by atoms with van der Waals surface area (Å²) < 4.78 is 20.9. The number of aromatic nitrogens is 2. The Labute approximate surface area is 118 Å². The lowest BCUT2D eigenvalue weighted by Gasteiger charge is -2.13. The number of methoxy groups -OCH3 is 1. The van der Waals surface area contributed by atoms with Crippen molar-refractivity contribution in [2.45, 2.75) is 25.8 Å². The Hall–Kier alpha value is -1.88. The number of ether oxygens (including phenoxy) is 1. The van der Waals surface area contributed by atoms with E-state index in [0.29, 0.717) is 12.0 Å². The van der Waals surface area contributed by atoms with E-state index in [1.165, 1.54) is 7.11 Å². The van der Waals surface area contributed by atoms with Gasteiger partial charge in [0.25, 0.3) is 0 Å². The van der Waals surface area contributed by atoms with Crippen LogP contribution in [0.1, 0.15) is 29.9 Å². The highest BCUT2D eigenvalue weighted by molar-refractivity contribution is 5.32. The minimum Gasteiger partial charge on any atom is -0.494 e. The predicted molar refractivity (Wildman–Crippen MR) is 76.2 cm³/mol. The van der Waals surface area contributed by atoms with Gasteiger partial charge in [-0.15, -0.1) is 0 Å². The van der Waals surface area contributed by atoms with Crippen molar-refractivity contribution >= 4 is 0 Å². The van der Waals surface area contributed by atoms with Crippen molar-refractivity contribution in [3.8, 4) is 5.75 Å². The van der Waals surface area contributed by atoms with Gasteiger partial charge in [0.2, 0.25) is 0 Å². The summed E-state index contributed by atoms with van der Waals surface area (Å²) in [5.74, 6) is -0.0997. The van der Waals surface area contributed by atoms with Crippen molar-refractivity contribution in [2.24, 2.45) is 12.8 Å². The van der Waals surface area contributed by atoms with Gasteiger partial charge in [0.15, 0.2) is 11.6 Å². The molecule has 108 valence electrons. The molecule has 0 aliphatic rings. The summed E-state index contributed by atoms with van der Waals surface area (Å²) in [6.07, 6.45) is 1.26. The summed E-state index contributed by atoms with van der Waals surface area (Å²) in [5, 5.41) is 4.37. The Morgan fingerprint density at radius 1 is 1.45 bits per heavy atom. The summed E-state index contributed by atoms with van der Waals surface area (Å²) in [4.78, 5) is 0. The molecular weight excluding hydrogens is 257 g/mol. The second kappa shape index (κ2) is 6.05. The molecule has 1 aromatic heterocycles. The largest absolute Gasteiger partial charge is 0.494 e. The minimum absolute atomic E-state index is 0.244. The molecule has 4 nitrogen and oxygen atoms in total. The first-order chi connectivity index (χ1) is 9.56. The SMILES string of the molecule is CCc1cc(C(N)Cc2cccc(OC)c2F)n(C)n1. The molecule has 1 unspecified atom stereocenters. The highest BCUT2D eigenvalue weighted by atomic mass is 19.1. The van der Waals surface area contributed by atoms with Gasteiger partial charge in [0.1, 0.15) is 0 Å². The summed E-state index contributed by atoms with van der Waals surface area (Å²) in [7, 11) is 3.31. The fourth-order valence-corrected chi connectivity index (χ4v) is 2.28. The third kappa shape index (κ3) is 2.82. The first-order valence-corrected chi connectivity index (χ1v) is 6.66. The number of rotatable bonds is 5. The van der Waals surface area contributed by atoms with Crippen LogP contribution in [-0.4, -0.2) is 16.9 Å². The summed E-state index contributed by atoms with van der Waals surface area (Å²) in [6, 6.07) is 6.78. The molecule has 0 radical (unpaired) electrons. The van der Waals surface area contributed by atoms with Gasteiger partial charge in [0, 0.05) is 7.05 Å². The molecule has 1 atom stereocenters. The fourth-order valence-electron chi connectivity index (χ4n) is 2.28. The van der Waals surface area contributed by atoms with E-state index in [9.17, 15) is 4.39 Å². The number of halogens is 1. The molecule has 0 saturated carbocycles. The van der Waals surface area contributed by atoms with E-state index in [1.54, 1.807) is 22.9 Å². The maximum atomic E-state index is 14.1. The van der Waals surface area contributed by atoms with Crippen LogP contribution in [0.3, 0.4) is 0 Å². The molecule has 0 aliphatic heterocycles. The van der Waals surface area contributed by atoms with Gasteiger partial charge in [-0.25, -0.2) is 4.39 Å². The third-order valence-electron chi connectivity index (χ3n) is 3.41. The van der Waals surface area contributed by atoms with Crippen molar-refractivity contribution in [1.29, 1.82) is 0 Å². The van der Waals surface area contributed by atoms with E-state index in [1.807, 2.05) is 20.0 Å². The molecule has 2 rings (SSSR count). The van der Waals surface area contributed by atoms with Crippen LogP contribution in [-0.2, 0) is 19.9 Å². The minimum atomic E-state index is -0.344. The number of hydrogen-bond donors (Lipinski definition) is 1. The maximum Gasteiger partial charge on any atom is 0.168 e. The van der Waals surface area contributed by atoms with Crippen LogP contribution in [0.5, 0.6) is 5.75 Å². The van der Waals surface area contributed by atoms with Gasteiger partial charge in [-0.1, -0.05) is 19.1 Å². The lowest BCUT2D eigenvalue weighted by Crippen LogP contribution is -2.17. The van der Waals surface area contributed by atoms with E-state index in [-0.39, 0.29) is 17.6 Å². The van der Waals surface area contributed by atoms with Crippen molar-refractivity contribution in [1.82, 2.24) is 9.78 Å². The molecule has 2 N–H and O–H groups in total. The summed E-state index contributed by atoms with van der Waals surface area (Å²) in [5.41, 5.74) is 8.64. The molecule has 1 aromatic carbocycles. The van der Waals surface area contributed by atoms with Crippen molar-refractivity contribution in [3.63, 3.8) is 0 Å². The highest BCUT2D eigenvalue weighted by Crippen LogP contribution is 2.24. The average Bonchev–Trinajstić information content (AvgIpc) is 2.82. The number of aryl methyl sites for hydroxylation is 2. The van der Waals surface area contributed by atoms with Crippen LogP contribution >= 0.6 is 0 Å². The highest BCUT2D eigenvalue weighted by Gasteiger charge is 2.16. The number of nitrogens with zero attached hydrogens (tertiary/aromatic N) is 2. The Balaban J connectivity index is 2.23. The standard InChI is InChI=1S/C15H20FN3O/c1-4-11-9-13(19(2)18-11)12(17)8-10-6-5-7-14(20-3)15(10)16/h5-7,9,12H,4,8,17H2,1-3H3. The van der Waals surface area contributed by atoms with E-state index in [4.69, 9.17) is 10.5 Å². The zero-order valence-corrected chi connectivity index (χ0v) is 12.1. The second-order valence-electron chi connectivity index (χ2n) is 4.78. The van der Waals surface area contributed by atoms with Gasteiger partial charge in [0.05, 0.1) is 24.5 Å². The molecule has 1 heterocycles. The zero-order valence-electron chi connectivity index (χ0n) is 12.1. The third-order valence-corrected chi connectivity index (χ3v) is 3.41. The summed E-state index contributed by atoms with van der Waals surface area (Å²) in [6.45, 7) is 2.04. The average molecular weight is 277 g/mol. The Morgan fingerprint density at radius 2 is 2.20 bits per heavy atom. The van der Waals surface area contributed by atoms with Gasteiger partial charge >= 0.3 is 0 Å². The molecule has 20 heavy (non-hydrogen) atoms. The van der Waals surface area contributed by atoms with E-state index < -0.39 is 0 Å². The maximum absolute atomic E-state index is 14.1. The normalized spacial score (nSPS) is 12.4. The van der Waals surface area contributed by atoms with Crippen LogP contribution < -0.4 is 10.5 Å². The lowest BCUT2D eigenvalue weighted by molar-refractivity contribution is 0.383. The molecule has 0 bridgehead atoms. The second-order valence-corrected chi connectivity index (χ2v) is 4.78. The molecule has 0 fully saturated rings. The first-order valence-electron chi connectivity index (χ1n) is 6.66. The van der Waals surface area contributed by atoms with Crippen molar-refractivity contribution in [2.75, 3.05) is 7.11 Å². The van der Waals surface area contributed by atoms with E-state index in [0.717, 1.165) is 17.8 Å². The van der Waals surface area contributed by atoms with Crippen molar-refractivity contribution < 1.29 is 9.13 Å². The Kier molecular flexibility index (Phi) is 4.39. The number of nitrogens with two attached hydrogens (primary N) is 1. The van der Waals surface area contributed by atoms with Gasteiger partial charge in [-0.2, -0.15) is 5.10 Å². The van der Waals surface area contributed by atoms with Crippen LogP contribution in [0, 0.1) is 5.82 Å². The monoisotopic (exact) mass is 277 g/mol. The molecule has 0 spiro atoms. The Bertz CT molecular complexity index is 595. The summed E-state index contributed by atoms with van der Waals surface area (Å²) >= 11 is 0. The van der Waals surface area contributed by atoms with Gasteiger partial charge < -0.3 is 10.5 Å². The van der Waals surface area contributed by atoms with E-state index >= 15 is 0 Å². The number of benzene rings is 1. The van der Waals surface area contributed by atoms with Crippen LogP contribution in [0.15, 0.2) is 24.3 Å². The van der Waals surface area contributed by atoms with Crippen LogP contribution in [0.4, 0.5) is 4.39 Å². The molecule has 0 aliphatic carbocycles. The van der Waals surface area contributed by atoms with Crippen LogP contribution in [0.25, 0.3) is 0 Å². The van der Waals surface area contributed by atoms with E-state index in [2.05, 4.69) is 5.10 Å². The molecule has 5 heteroatoms. The smallest absolute Gasteiger partial charge is 0.168 e. The predicted octanol–water partition coefficient (Wildman–Crippen LogP) is 2.37. The van der Waals surface area contributed by atoms with Gasteiger partial charge in [-0.05, 0) is 30.5 Å². The van der Waals surface area contributed by atoms with Crippen molar-refractivity contribution in [3.05, 3.63) is 47.0 Å². The molecule has 0 saturated heterocycles. The fraction of sp³-hybridized carbons (Fsp3) is 0.400. The first kappa shape index (κ1) is 14.5. The topological polar surface area (TPSA) is 53.1 Å². The lowest BCUT2D eigenvalue weighted by atomic mass is 10.0. The quantitative estimate of drug-likeness (QED) is 0.913. The van der Waals surface area contributed by atoms with Crippen LogP contribution in [0.2, 0.25) is 0 Å². The molecule has 0 amide bonds.